The van der Waals surface area contributed by atoms with E-state index in [1.165, 1.54) is 0 Å². The number of sulfone groups is 1. The van der Waals surface area contributed by atoms with E-state index >= 15 is 13.2 Å². The van der Waals surface area contributed by atoms with Crippen LogP contribution in [-0.4, -0.2) is 173 Å². The summed E-state index contributed by atoms with van der Waals surface area (Å²) in [4.78, 5) is 27.9. The molecule has 5 aliphatic rings. The second-order valence-corrected chi connectivity index (χ2v) is 63.8. The summed E-state index contributed by atoms with van der Waals surface area (Å²) < 4.78 is 115. The first-order valence-corrected chi connectivity index (χ1v) is 54.1. The summed E-state index contributed by atoms with van der Waals surface area (Å²) in [5, 5.41) is -2.38. The molecule has 0 amide bonds. The molecule has 0 aromatic heterocycles. The monoisotopic (exact) mass is 1590 g/mol. The van der Waals surface area contributed by atoms with Crippen molar-refractivity contribution >= 4 is 86.1 Å². The molecule has 3 unspecified atom stereocenters. The number of carbonyl (C=O) groups is 2. The number of Topliss-reactive ketones (excluding diaryl/α,β-unsaturated/α-hetero) is 1. The molecular weight excluding hydrogens is 1450 g/mol. The lowest BCUT2D eigenvalue weighted by Crippen LogP contribution is -2.69. The molecule has 5 fully saturated rings. The fraction of sp³-hybridized carbons (Fsp3) is 0.816. The zero-order chi connectivity index (χ0) is 74.1. The van der Waals surface area contributed by atoms with E-state index in [0.717, 1.165) is 30.3 Å². The minimum Gasteiger partial charge on any atom is -0.414 e. The predicted molar refractivity (Wildman–Crippen MR) is 419 cm³/mol. The number of hydrogen-bond acceptors (Lipinski definition) is 15. The first-order valence-electron chi connectivity index (χ1n) is 36.8. The van der Waals surface area contributed by atoms with Crippen molar-refractivity contribution in [3.63, 3.8) is 0 Å². The van der Waals surface area contributed by atoms with Crippen LogP contribution in [0.3, 0.4) is 0 Å². The van der Waals surface area contributed by atoms with Crippen molar-refractivity contribution in [2.45, 2.75) is 374 Å². The Morgan fingerprint density at radius 1 is 0.653 bits per heavy atom. The van der Waals surface area contributed by atoms with Gasteiger partial charge < -0.3 is 55.3 Å². The number of rotatable bonds is 30. The van der Waals surface area contributed by atoms with Gasteiger partial charge in [-0.25, -0.2) is 8.42 Å². The fourth-order valence-electron chi connectivity index (χ4n) is 13.3. The minimum atomic E-state index is -4.52. The average molecular weight is 1590 g/mol. The molecule has 0 aliphatic carbocycles. The molecule has 0 spiro atoms. The molecule has 22 heteroatoms. The van der Waals surface area contributed by atoms with Gasteiger partial charge in [0.05, 0.1) is 78.6 Å². The maximum absolute atomic E-state index is 16.5. The third-order valence-corrected chi connectivity index (χ3v) is 49.8. The molecule has 5 heterocycles. The Morgan fingerprint density at radius 2 is 1.20 bits per heavy atom. The van der Waals surface area contributed by atoms with Gasteiger partial charge in [0, 0.05) is 38.7 Å². The summed E-state index contributed by atoms with van der Waals surface area (Å²) in [5.41, 5.74) is 1.92. The van der Waals surface area contributed by atoms with Crippen LogP contribution in [0.15, 0.2) is 69.7 Å². The Labute approximate surface area is 614 Å². The van der Waals surface area contributed by atoms with Crippen molar-refractivity contribution in [3.05, 3.63) is 64.8 Å². The van der Waals surface area contributed by atoms with Crippen LogP contribution in [-0.2, 0) is 70.0 Å². The molecule has 1 aromatic rings. The van der Waals surface area contributed by atoms with E-state index in [1.807, 2.05) is 4.08 Å². The number of fused-ring (bicyclic) bond motifs is 1. The van der Waals surface area contributed by atoms with Gasteiger partial charge in [0.1, 0.15) is 36.0 Å². The Balaban J connectivity index is 1.49. The van der Waals surface area contributed by atoms with Gasteiger partial charge in [0.2, 0.25) is 0 Å². The van der Waals surface area contributed by atoms with E-state index in [1.54, 1.807) is 37.4 Å². The standard InChI is InChI=1S/C76H135IO15SSi5/c1-50-44-54(37-39-59-51(2)45-53(84-59)34-33-43-78)85-62(52(50)3)48-63-65(66(82-19)64(87-63)47-56(89-95(22,23)73(7,8)9)49-83-94(20,21)72(4,5)6)71(93(80,81)57-35-31-30-32-36-57)58(79)46-55-38-40-60-67(86-55)69(91-97(26,27)75(13,14)15)70(92-98(28,29)76(16,17)18)68(88-60)61(41-42-77)90-96(24,25)74(10,11)12/h30-32,35-36,41-43,50,53-56,59-71H,2-3,33-34,37-40,44-49H2,1,4-29H3/t50-,53+,54+,55-,56+,59?,60+,61+,62?,63+,64-,65?,66+,67+,68+,69+,70-,71+/m1/s1. The summed E-state index contributed by atoms with van der Waals surface area (Å²) in [6.07, 6.45) is 0.262. The molecule has 18 atom stereocenters. The fourth-order valence-corrected chi connectivity index (χ4v) is 22.0. The number of ketones is 1. The average Bonchev–Trinajstić information content (AvgIpc) is 1.19. The highest BCUT2D eigenvalue weighted by Gasteiger charge is 2.61. The van der Waals surface area contributed by atoms with Crippen molar-refractivity contribution in [3.8, 4) is 0 Å². The number of halogens is 1. The normalized spacial score (nSPS) is 30.4. The number of aldehydes is 1. The Kier molecular flexibility index (Phi) is 29.0. The second kappa shape index (κ2) is 33.1. The van der Waals surface area contributed by atoms with Crippen LogP contribution in [0.25, 0.3) is 0 Å². The van der Waals surface area contributed by atoms with E-state index in [0.29, 0.717) is 51.6 Å². The molecule has 5 saturated heterocycles. The van der Waals surface area contributed by atoms with Crippen molar-refractivity contribution < 1.29 is 68.6 Å². The van der Waals surface area contributed by atoms with Crippen LogP contribution >= 0.6 is 22.6 Å². The summed E-state index contributed by atoms with van der Waals surface area (Å²) in [6, 6.07) is 8.38. The van der Waals surface area contributed by atoms with Crippen LogP contribution in [0, 0.1) is 11.8 Å². The second-order valence-electron chi connectivity index (χ2n) is 37.2. The zero-order valence-electron chi connectivity index (χ0n) is 65.8. The molecule has 0 radical (unpaired) electrons. The highest BCUT2D eigenvalue weighted by atomic mass is 127. The Morgan fingerprint density at radius 3 is 1.74 bits per heavy atom. The minimum absolute atomic E-state index is 0.0354. The lowest BCUT2D eigenvalue weighted by Gasteiger charge is -2.56. The molecule has 6 rings (SSSR count). The number of benzene rings is 1. The highest BCUT2D eigenvalue weighted by molar-refractivity contribution is 14.1. The molecule has 5 aliphatic heterocycles. The van der Waals surface area contributed by atoms with E-state index in [-0.39, 0.29) is 67.2 Å². The zero-order valence-corrected chi connectivity index (χ0v) is 73.8. The number of carbonyl (C=O) groups excluding carboxylic acids is 2. The third-order valence-electron chi connectivity index (χ3n) is 24.7. The van der Waals surface area contributed by atoms with E-state index < -0.39 is 142 Å². The van der Waals surface area contributed by atoms with Gasteiger partial charge in [0.15, 0.2) is 57.2 Å². The molecular formula is C76H135IO15SSi5. The van der Waals surface area contributed by atoms with Crippen LogP contribution in [0.4, 0.5) is 0 Å². The Bertz CT molecular complexity index is 2960. The maximum atomic E-state index is 16.5. The van der Waals surface area contributed by atoms with Gasteiger partial charge in [-0.15, -0.1) is 0 Å². The topological polar surface area (TPSA) is 170 Å². The molecule has 0 N–H and O–H groups in total. The van der Waals surface area contributed by atoms with Gasteiger partial charge in [0.25, 0.3) is 0 Å². The van der Waals surface area contributed by atoms with E-state index in [2.05, 4.69) is 218 Å². The maximum Gasteiger partial charge on any atom is 0.193 e. The smallest absolute Gasteiger partial charge is 0.193 e. The Hall–Kier alpha value is -0.896. The van der Waals surface area contributed by atoms with Gasteiger partial charge in [-0.2, -0.15) is 0 Å². The third kappa shape index (κ3) is 20.8. The number of ether oxygens (including phenoxy) is 6. The van der Waals surface area contributed by atoms with Crippen molar-refractivity contribution in [1.29, 1.82) is 0 Å². The molecule has 0 saturated carbocycles. The lowest BCUT2D eigenvalue weighted by atomic mass is 9.81. The van der Waals surface area contributed by atoms with Crippen molar-refractivity contribution in [2.75, 3.05) is 13.7 Å². The molecule has 98 heavy (non-hydrogen) atoms. The SMILES string of the molecule is C=C1C[C@H](CCC=O)OC1CC[C@H]1C[C@@H](C)C(=C)C(C[C@@H]2O[C@H](C[C@@H](CO[Si](C)(C)C(C)(C)C)O[Si](C)(C)C(C)(C)C)[C@H](OC)C2[C@H](C(=O)C[C@H]2CC[C@@H]3O[C@@H]([C@H](C=CI)O[Si](C)(C)C(C)(C)C)[C@@H](O[Si](C)(C)C(C)(C)C)[C@@H](O[Si](C)(C)C(C)(C)C)[C@H]3O2)S(=O)(=O)c2ccccc2)O1. The van der Waals surface area contributed by atoms with Crippen molar-refractivity contribution in [1.82, 2.24) is 0 Å². The van der Waals surface area contributed by atoms with Gasteiger partial charge >= 0.3 is 0 Å². The van der Waals surface area contributed by atoms with E-state index in [9.17, 15) is 4.79 Å². The summed E-state index contributed by atoms with van der Waals surface area (Å²) in [6.45, 7) is 67.7. The molecule has 562 valence electrons. The highest BCUT2D eigenvalue weighted by Crippen LogP contribution is 2.50. The first kappa shape index (κ1) is 86.0. The summed E-state index contributed by atoms with van der Waals surface area (Å²) in [5.74, 6) is -1.45. The number of methoxy groups -OCH3 is 1. The predicted octanol–water partition coefficient (Wildman–Crippen LogP) is 18.6. The lowest BCUT2D eigenvalue weighted by molar-refractivity contribution is -0.266. The molecule has 15 nitrogen and oxygen atoms in total. The van der Waals surface area contributed by atoms with Gasteiger partial charge in [-0.1, -0.05) is 165 Å². The molecule has 1 aromatic carbocycles. The first-order chi connectivity index (χ1) is 44.7. The van der Waals surface area contributed by atoms with Crippen LogP contribution in [0.5, 0.6) is 0 Å². The van der Waals surface area contributed by atoms with Gasteiger partial charge in [-0.05, 0) is 175 Å². The van der Waals surface area contributed by atoms with Gasteiger partial charge in [-0.3, -0.25) is 4.79 Å². The largest absolute Gasteiger partial charge is 0.414 e. The number of hydrogen-bond donors (Lipinski definition) is 0. The van der Waals surface area contributed by atoms with Crippen LogP contribution in [0.1, 0.15) is 181 Å². The summed E-state index contributed by atoms with van der Waals surface area (Å²) >= 11 is 2.29. The summed E-state index contributed by atoms with van der Waals surface area (Å²) in [7, 11) is -15.4. The van der Waals surface area contributed by atoms with E-state index in [4.69, 9.17) is 50.6 Å². The van der Waals surface area contributed by atoms with Crippen molar-refractivity contribution in [2.24, 2.45) is 11.8 Å². The quantitative estimate of drug-likeness (QED) is 0.0308. The van der Waals surface area contributed by atoms with Crippen LogP contribution < -0.4 is 0 Å². The molecule has 0 bridgehead atoms. The van der Waals surface area contributed by atoms with Crippen LogP contribution in [0.2, 0.25) is 90.7 Å².